The van der Waals surface area contributed by atoms with E-state index >= 15 is 0 Å². The van der Waals surface area contributed by atoms with E-state index in [0.29, 0.717) is 31.4 Å². The number of hydrogen-bond acceptors (Lipinski definition) is 9. The van der Waals surface area contributed by atoms with Gasteiger partial charge in [0.1, 0.15) is 0 Å². The third kappa shape index (κ3) is 7.54. The summed E-state index contributed by atoms with van der Waals surface area (Å²) >= 11 is 1.62. The summed E-state index contributed by atoms with van der Waals surface area (Å²) < 4.78 is 15.8. The van der Waals surface area contributed by atoms with Gasteiger partial charge in [-0.15, -0.1) is 11.3 Å². The second kappa shape index (κ2) is 14.0. The fraction of sp³-hybridized carbons (Fsp3) is 0.571. The molecule has 0 unspecified atom stereocenters. The van der Waals surface area contributed by atoms with Crippen LogP contribution in [0.15, 0.2) is 29.2 Å². The van der Waals surface area contributed by atoms with Crippen molar-refractivity contribution in [1.82, 2.24) is 15.2 Å². The van der Waals surface area contributed by atoms with Crippen LogP contribution in [-0.2, 0) is 20.8 Å². The molecule has 1 aromatic carbocycles. The lowest BCUT2D eigenvalue weighted by molar-refractivity contribution is 0.0937. The number of rotatable bonds is 15. The Kier molecular flexibility index (Phi) is 10.5. The zero-order chi connectivity index (χ0) is 26.9. The minimum atomic E-state index is -0.111. The van der Waals surface area contributed by atoms with Crippen molar-refractivity contribution in [3.8, 4) is 0 Å². The number of carbonyl (C=O) groups is 1. The Morgan fingerprint density at radius 2 is 2.00 bits per heavy atom. The van der Waals surface area contributed by atoms with Crippen molar-refractivity contribution in [2.24, 2.45) is 0 Å². The number of likely N-dealkylation sites (N-methyl/N-ethyl adjacent to an activating group) is 1. The highest BCUT2D eigenvalue weighted by molar-refractivity contribution is 7.13. The maximum Gasteiger partial charge on any atom is 0.253 e. The van der Waals surface area contributed by atoms with Gasteiger partial charge in [-0.25, -0.2) is 4.98 Å². The van der Waals surface area contributed by atoms with Crippen molar-refractivity contribution in [2.75, 3.05) is 78.0 Å². The quantitative estimate of drug-likeness (QED) is 0.328. The highest BCUT2D eigenvalue weighted by Crippen LogP contribution is 2.38. The maximum absolute atomic E-state index is 13.3. The fourth-order valence-corrected chi connectivity index (χ4v) is 5.54. The summed E-state index contributed by atoms with van der Waals surface area (Å²) in [5.74, 6) is -0.111. The van der Waals surface area contributed by atoms with Gasteiger partial charge in [-0.05, 0) is 55.5 Å². The van der Waals surface area contributed by atoms with Crippen LogP contribution in [0, 0.1) is 0 Å². The van der Waals surface area contributed by atoms with Crippen LogP contribution in [0.2, 0.25) is 0 Å². The van der Waals surface area contributed by atoms with Crippen molar-refractivity contribution in [3.05, 3.63) is 46.0 Å². The van der Waals surface area contributed by atoms with Crippen LogP contribution in [0.1, 0.15) is 47.3 Å². The number of carbonyl (C=O) groups excluding carboxylic acids is 1. The van der Waals surface area contributed by atoms with Gasteiger partial charge < -0.3 is 29.7 Å². The topological polar surface area (TPSA) is 88.2 Å². The van der Waals surface area contributed by atoms with E-state index < -0.39 is 0 Å². The molecule has 0 spiro atoms. The minimum Gasteiger partial charge on any atom is -0.383 e. The minimum absolute atomic E-state index is 0.111. The molecule has 1 atom stereocenters. The van der Waals surface area contributed by atoms with E-state index in [1.165, 1.54) is 12.0 Å². The molecule has 2 fully saturated rings. The van der Waals surface area contributed by atoms with Gasteiger partial charge in [0.15, 0.2) is 5.13 Å². The van der Waals surface area contributed by atoms with Crippen LogP contribution in [0.3, 0.4) is 0 Å². The van der Waals surface area contributed by atoms with Gasteiger partial charge in [-0.2, -0.15) is 0 Å². The first-order valence-corrected chi connectivity index (χ1v) is 14.2. The van der Waals surface area contributed by atoms with Gasteiger partial charge in [0, 0.05) is 59.4 Å². The Balaban J connectivity index is 1.57. The smallest absolute Gasteiger partial charge is 0.253 e. The molecule has 2 heterocycles. The van der Waals surface area contributed by atoms with Crippen LogP contribution in [0.5, 0.6) is 0 Å². The molecule has 1 saturated heterocycles. The van der Waals surface area contributed by atoms with Crippen LogP contribution in [-0.4, -0.2) is 89.7 Å². The molecule has 2 N–H and O–H groups in total. The lowest BCUT2D eigenvalue weighted by Crippen LogP contribution is -2.32. The van der Waals surface area contributed by atoms with Crippen LogP contribution < -0.4 is 15.5 Å². The Morgan fingerprint density at radius 3 is 2.74 bits per heavy atom. The SMILES string of the molecule is COCCNC(=O)c1cc(CN2CCC[C@@H]2COC)ccc1NC(=C1CC1)c1csc(N(C)CCOC)n1. The Hall–Kier alpha value is -2.50. The second-order valence-corrected chi connectivity index (χ2v) is 10.7. The number of nitrogens with one attached hydrogen (secondary N) is 2. The Bertz CT molecular complexity index is 1100. The van der Waals surface area contributed by atoms with Crippen molar-refractivity contribution in [2.45, 2.75) is 38.3 Å². The van der Waals surface area contributed by atoms with E-state index in [2.05, 4.69) is 31.9 Å². The molecule has 0 radical (unpaired) electrons. The van der Waals surface area contributed by atoms with Gasteiger partial charge >= 0.3 is 0 Å². The Morgan fingerprint density at radius 1 is 1.18 bits per heavy atom. The van der Waals surface area contributed by atoms with Gasteiger partial charge in [0.05, 0.1) is 42.5 Å². The summed E-state index contributed by atoms with van der Waals surface area (Å²) in [5, 5.41) is 9.63. The number of anilines is 2. The number of likely N-dealkylation sites (tertiary alicyclic amines) is 1. The van der Waals surface area contributed by atoms with Gasteiger partial charge in [0.25, 0.3) is 5.91 Å². The summed E-state index contributed by atoms with van der Waals surface area (Å²) in [6.07, 6.45) is 4.40. The number of methoxy groups -OCH3 is 3. The molecule has 2 aliphatic rings. The predicted molar refractivity (Wildman–Crippen MR) is 153 cm³/mol. The van der Waals surface area contributed by atoms with E-state index in [-0.39, 0.29) is 5.91 Å². The second-order valence-electron chi connectivity index (χ2n) is 9.88. The molecule has 10 heteroatoms. The first-order chi connectivity index (χ1) is 18.5. The van der Waals surface area contributed by atoms with Crippen LogP contribution in [0.25, 0.3) is 5.70 Å². The number of ether oxygens (including phenoxy) is 3. The van der Waals surface area contributed by atoms with Crippen LogP contribution >= 0.6 is 11.3 Å². The standard InChI is InChI=1S/C28H41N5O4S/c1-32(13-15-36-3)28-31-25(19-38-28)26(21-8-9-21)30-24-10-7-20(16-23(24)27(34)29-11-14-35-2)17-33-12-5-6-22(33)18-37-4/h7,10,16,19,22,30H,5-6,8-9,11-15,17-18H2,1-4H3,(H,29,34)/t22-/m1/s1. The lowest BCUT2D eigenvalue weighted by atomic mass is 10.1. The van der Waals surface area contributed by atoms with E-state index in [1.54, 1.807) is 32.7 Å². The summed E-state index contributed by atoms with van der Waals surface area (Å²) in [6, 6.07) is 6.59. The fourth-order valence-electron chi connectivity index (χ4n) is 4.73. The Labute approximate surface area is 230 Å². The highest BCUT2D eigenvalue weighted by Gasteiger charge is 2.26. The molecule has 38 heavy (non-hydrogen) atoms. The number of amides is 1. The summed E-state index contributed by atoms with van der Waals surface area (Å²) in [6.45, 7) is 4.92. The van der Waals surface area contributed by atoms with Crippen molar-refractivity contribution in [3.63, 3.8) is 0 Å². The third-order valence-electron chi connectivity index (χ3n) is 6.98. The molecular weight excluding hydrogens is 502 g/mol. The first kappa shape index (κ1) is 28.5. The highest BCUT2D eigenvalue weighted by atomic mass is 32.1. The van der Waals surface area contributed by atoms with Crippen molar-refractivity contribution in [1.29, 1.82) is 0 Å². The lowest BCUT2D eigenvalue weighted by Gasteiger charge is -2.24. The van der Waals surface area contributed by atoms with Crippen LogP contribution in [0.4, 0.5) is 10.8 Å². The number of thiazole rings is 1. The average molecular weight is 544 g/mol. The number of hydrogen-bond donors (Lipinski definition) is 2. The summed E-state index contributed by atoms with van der Waals surface area (Å²) in [5.41, 5.74) is 5.78. The average Bonchev–Trinajstić information content (AvgIpc) is 3.48. The van der Waals surface area contributed by atoms with Gasteiger partial charge in [0.2, 0.25) is 0 Å². The summed E-state index contributed by atoms with van der Waals surface area (Å²) in [7, 11) is 7.12. The zero-order valence-corrected chi connectivity index (χ0v) is 23.9. The number of benzene rings is 1. The monoisotopic (exact) mass is 543 g/mol. The van der Waals surface area contributed by atoms with E-state index in [1.807, 2.05) is 19.2 Å². The molecule has 9 nitrogen and oxygen atoms in total. The first-order valence-electron chi connectivity index (χ1n) is 13.3. The largest absolute Gasteiger partial charge is 0.383 e. The molecule has 4 rings (SSSR count). The summed E-state index contributed by atoms with van der Waals surface area (Å²) in [4.78, 5) is 22.8. The van der Waals surface area contributed by atoms with E-state index in [0.717, 1.165) is 73.3 Å². The van der Waals surface area contributed by atoms with E-state index in [4.69, 9.17) is 19.2 Å². The molecule has 1 aliphatic heterocycles. The third-order valence-corrected chi connectivity index (χ3v) is 7.94. The molecular formula is C28H41N5O4S. The molecule has 1 amide bonds. The maximum atomic E-state index is 13.3. The molecule has 1 saturated carbocycles. The van der Waals surface area contributed by atoms with Crippen molar-refractivity contribution < 1.29 is 19.0 Å². The molecule has 0 bridgehead atoms. The predicted octanol–water partition coefficient (Wildman–Crippen LogP) is 3.83. The van der Waals surface area contributed by atoms with E-state index in [9.17, 15) is 4.79 Å². The van der Waals surface area contributed by atoms with Crippen molar-refractivity contribution >= 4 is 33.8 Å². The number of allylic oxidation sites excluding steroid dienone is 1. The molecule has 208 valence electrons. The normalized spacial score (nSPS) is 17.1. The number of aromatic nitrogens is 1. The molecule has 2 aromatic rings. The molecule has 1 aromatic heterocycles. The zero-order valence-electron chi connectivity index (χ0n) is 23.0. The van der Waals surface area contributed by atoms with Gasteiger partial charge in [-0.1, -0.05) is 6.07 Å². The number of nitrogens with zero attached hydrogens (tertiary/aromatic N) is 3. The molecule has 1 aliphatic carbocycles. The van der Waals surface area contributed by atoms with Gasteiger partial charge in [-0.3, -0.25) is 9.69 Å².